The molecule has 176 valence electrons. The Hall–Kier alpha value is -2.10. The van der Waals surface area contributed by atoms with E-state index in [-0.39, 0.29) is 34.5 Å². The van der Waals surface area contributed by atoms with E-state index >= 15 is 0 Å². The Balaban J connectivity index is 1.43. The highest BCUT2D eigenvalue weighted by Gasteiger charge is 2.46. The van der Waals surface area contributed by atoms with Crippen molar-refractivity contribution in [2.75, 3.05) is 23.1 Å². The number of allylic oxidation sites excluding steroid dienone is 2. The number of benzene rings is 1. The Labute approximate surface area is 199 Å². The third-order valence-electron chi connectivity index (χ3n) is 6.93. The van der Waals surface area contributed by atoms with Gasteiger partial charge in [-0.15, -0.1) is 0 Å². The molecule has 1 aromatic rings. The molecular formula is C24H29N3O4S2. The molecule has 0 aromatic heterocycles. The van der Waals surface area contributed by atoms with Crippen LogP contribution >= 0.6 is 11.8 Å². The van der Waals surface area contributed by atoms with Gasteiger partial charge in [-0.3, -0.25) is 9.10 Å². The van der Waals surface area contributed by atoms with Crippen LogP contribution in [-0.2, 0) is 19.6 Å². The first-order chi connectivity index (χ1) is 15.7. The second-order valence-corrected chi connectivity index (χ2v) is 13.0. The molecule has 0 bridgehead atoms. The topological polar surface area (TPSA) is 88.1 Å². The molecule has 0 saturated carbocycles. The van der Waals surface area contributed by atoms with Gasteiger partial charge in [0.15, 0.2) is 0 Å². The van der Waals surface area contributed by atoms with E-state index in [1.54, 1.807) is 11.8 Å². The molecule has 1 aliphatic carbocycles. The van der Waals surface area contributed by atoms with Gasteiger partial charge < -0.3 is 10.1 Å². The lowest BCUT2D eigenvalue weighted by Crippen LogP contribution is -2.42. The van der Waals surface area contributed by atoms with Crippen LogP contribution in [-0.4, -0.2) is 55.2 Å². The Morgan fingerprint density at radius 2 is 2.06 bits per heavy atom. The van der Waals surface area contributed by atoms with E-state index in [0.29, 0.717) is 31.6 Å². The monoisotopic (exact) mass is 487 g/mol. The van der Waals surface area contributed by atoms with Gasteiger partial charge in [-0.25, -0.2) is 13.4 Å². The lowest BCUT2D eigenvalue weighted by molar-refractivity contribution is -0.119. The van der Waals surface area contributed by atoms with Gasteiger partial charge in [-0.05, 0) is 62.6 Å². The molecule has 9 heteroatoms. The Bertz CT molecular complexity index is 1170. The van der Waals surface area contributed by atoms with Crippen LogP contribution in [0, 0.1) is 5.92 Å². The molecule has 3 heterocycles. The number of hydrogen-bond donors (Lipinski definition) is 1. The first kappa shape index (κ1) is 22.7. The van der Waals surface area contributed by atoms with E-state index < -0.39 is 10.0 Å². The third kappa shape index (κ3) is 4.15. The summed E-state index contributed by atoms with van der Waals surface area (Å²) in [5.74, 6) is 0.443. The largest absolute Gasteiger partial charge is 0.369 e. The number of thioether (sulfide) groups is 1. The summed E-state index contributed by atoms with van der Waals surface area (Å²) in [4.78, 5) is 16.5. The summed E-state index contributed by atoms with van der Waals surface area (Å²) in [6, 6.07) is 7.68. The van der Waals surface area contributed by atoms with Gasteiger partial charge in [-0.2, -0.15) is 0 Å². The van der Waals surface area contributed by atoms with Gasteiger partial charge in [0.1, 0.15) is 0 Å². The van der Waals surface area contributed by atoms with E-state index in [1.165, 1.54) is 4.31 Å². The van der Waals surface area contributed by atoms with Crippen molar-refractivity contribution in [3.05, 3.63) is 47.7 Å². The number of amides is 1. The van der Waals surface area contributed by atoms with Crippen molar-refractivity contribution >= 4 is 44.0 Å². The lowest BCUT2D eigenvalue weighted by atomic mass is 9.88. The van der Waals surface area contributed by atoms with Gasteiger partial charge in [0.25, 0.3) is 0 Å². The molecule has 2 unspecified atom stereocenters. The van der Waals surface area contributed by atoms with E-state index in [1.807, 2.05) is 38.1 Å². The van der Waals surface area contributed by atoms with Crippen molar-refractivity contribution in [2.24, 2.45) is 10.9 Å². The summed E-state index contributed by atoms with van der Waals surface area (Å²) in [5, 5.41) is 3.91. The number of rotatable bonds is 5. The molecule has 1 N–H and O–H groups in total. The van der Waals surface area contributed by atoms with E-state index in [9.17, 15) is 13.2 Å². The number of carbonyl (C=O) groups excluding carboxylic acids is 1. The first-order valence-electron chi connectivity index (χ1n) is 11.4. The molecule has 1 aromatic carbocycles. The minimum absolute atomic E-state index is 0.0770. The number of hydrogen-bond acceptors (Lipinski definition) is 6. The Morgan fingerprint density at radius 1 is 1.30 bits per heavy atom. The van der Waals surface area contributed by atoms with Crippen LogP contribution < -0.4 is 9.62 Å². The predicted octanol–water partition coefficient (Wildman–Crippen LogP) is 3.34. The Morgan fingerprint density at radius 3 is 2.70 bits per heavy atom. The van der Waals surface area contributed by atoms with Gasteiger partial charge in [0.05, 0.1) is 39.1 Å². The van der Waals surface area contributed by atoms with Crippen LogP contribution in [0.15, 0.2) is 47.1 Å². The zero-order valence-electron chi connectivity index (χ0n) is 19.1. The van der Waals surface area contributed by atoms with E-state index in [4.69, 9.17) is 9.73 Å². The molecule has 33 heavy (non-hydrogen) atoms. The minimum atomic E-state index is -3.20. The summed E-state index contributed by atoms with van der Waals surface area (Å²) in [5.41, 5.74) is 3.69. The molecule has 2 fully saturated rings. The number of sulfonamides is 1. The summed E-state index contributed by atoms with van der Waals surface area (Å²) in [7, 11) is -3.20. The zero-order valence-corrected chi connectivity index (χ0v) is 20.7. The van der Waals surface area contributed by atoms with Gasteiger partial charge in [0, 0.05) is 25.4 Å². The van der Waals surface area contributed by atoms with Crippen molar-refractivity contribution in [3.63, 3.8) is 0 Å². The molecule has 1 amide bonds. The number of anilines is 1. The maximum Gasteiger partial charge on any atom is 0.235 e. The van der Waals surface area contributed by atoms with E-state index in [0.717, 1.165) is 21.9 Å². The van der Waals surface area contributed by atoms with Gasteiger partial charge in [-0.1, -0.05) is 23.9 Å². The second-order valence-electron chi connectivity index (χ2n) is 9.31. The molecule has 2 saturated heterocycles. The zero-order chi connectivity index (χ0) is 23.4. The van der Waals surface area contributed by atoms with Crippen molar-refractivity contribution in [2.45, 2.75) is 50.6 Å². The molecule has 3 aliphatic heterocycles. The maximum absolute atomic E-state index is 12.3. The Kier molecular flexibility index (Phi) is 5.69. The number of carbonyl (C=O) groups is 1. The fraction of sp³-hybridized carbons (Fsp3) is 0.500. The molecule has 0 spiro atoms. The fourth-order valence-corrected chi connectivity index (χ4v) is 7.73. The minimum Gasteiger partial charge on any atom is -0.369 e. The SMILES string of the molecule is CC1=NC2=CC(c3ccc(N4CCCS4(=O)=O)cc3)=CC(O[C@H](C)[C@H]3CNC(=O)C3)C2(C)S1. The van der Waals surface area contributed by atoms with Crippen molar-refractivity contribution in [1.82, 2.24) is 5.32 Å². The highest BCUT2D eigenvalue weighted by molar-refractivity contribution is 8.15. The average molecular weight is 488 g/mol. The normalized spacial score (nSPS) is 31.5. The van der Waals surface area contributed by atoms with Crippen LogP contribution in [0.2, 0.25) is 0 Å². The van der Waals surface area contributed by atoms with Crippen LogP contribution in [0.4, 0.5) is 5.69 Å². The smallest absolute Gasteiger partial charge is 0.235 e. The van der Waals surface area contributed by atoms with Crippen molar-refractivity contribution < 1.29 is 17.9 Å². The lowest BCUT2D eigenvalue weighted by Gasteiger charge is -2.37. The van der Waals surface area contributed by atoms with Crippen LogP contribution in [0.1, 0.15) is 39.2 Å². The first-order valence-corrected chi connectivity index (χ1v) is 13.8. The number of ether oxygens (including phenoxy) is 1. The summed E-state index contributed by atoms with van der Waals surface area (Å²) in [6.45, 7) is 7.39. The molecular weight excluding hydrogens is 458 g/mol. The maximum atomic E-state index is 12.3. The number of fused-ring (bicyclic) bond motifs is 1. The fourth-order valence-electron chi connectivity index (χ4n) is 4.96. The molecule has 7 nitrogen and oxygen atoms in total. The van der Waals surface area contributed by atoms with Crippen LogP contribution in [0.5, 0.6) is 0 Å². The van der Waals surface area contributed by atoms with Crippen molar-refractivity contribution in [1.29, 1.82) is 0 Å². The molecule has 5 rings (SSSR count). The quantitative estimate of drug-likeness (QED) is 0.688. The summed E-state index contributed by atoms with van der Waals surface area (Å²) >= 11 is 1.72. The standard InChI is InChI=1S/C24H29N3O4S2/c1-15(19-13-23(28)25-14-19)31-22-12-18(11-21-24(22,3)32-16(2)26-21)17-5-7-20(8-6-17)27-9-4-10-33(27,29)30/h5-8,11-12,15,19,22H,4,9-10,13-14H2,1-3H3,(H,25,28)/t15-,19-,22?,24?/m1/s1. The van der Waals surface area contributed by atoms with Crippen LogP contribution in [0.3, 0.4) is 0 Å². The van der Waals surface area contributed by atoms with Gasteiger partial charge in [0.2, 0.25) is 15.9 Å². The average Bonchev–Trinajstić information content (AvgIpc) is 3.44. The summed E-state index contributed by atoms with van der Waals surface area (Å²) in [6.07, 6.45) is 5.13. The predicted molar refractivity (Wildman–Crippen MR) is 133 cm³/mol. The molecule has 4 aliphatic rings. The van der Waals surface area contributed by atoms with Gasteiger partial charge >= 0.3 is 0 Å². The highest BCUT2D eigenvalue weighted by Crippen LogP contribution is 2.49. The highest BCUT2D eigenvalue weighted by atomic mass is 32.2. The number of nitrogens with one attached hydrogen (secondary N) is 1. The van der Waals surface area contributed by atoms with Crippen molar-refractivity contribution in [3.8, 4) is 0 Å². The molecule has 4 atom stereocenters. The summed E-state index contributed by atoms with van der Waals surface area (Å²) < 4.78 is 32.3. The second kappa shape index (κ2) is 8.29. The van der Waals surface area contributed by atoms with Crippen LogP contribution in [0.25, 0.3) is 5.57 Å². The third-order valence-corrected chi connectivity index (χ3v) is 10.1. The number of nitrogens with zero attached hydrogens (tertiary/aromatic N) is 2. The number of aliphatic imine (C=N–C) groups is 1. The van der Waals surface area contributed by atoms with E-state index in [2.05, 4.69) is 24.4 Å². The molecule has 0 radical (unpaired) electrons.